The molecule has 0 N–H and O–H groups in total. The normalized spacial score (nSPS) is 9.23. The molecule has 0 saturated carbocycles. The first-order valence-electron chi connectivity index (χ1n) is 2.96. The molecule has 1 rings (SSSR count). The molecular weight excluding hydrogens is 221 g/mol. The Labute approximate surface area is 102 Å². The summed E-state index contributed by atoms with van der Waals surface area (Å²) in [7, 11) is -0.802. The van der Waals surface area contributed by atoms with E-state index in [1.165, 1.54) is 0 Å². The molecule has 0 atom stereocenters. The molecule has 13 heavy (non-hydrogen) atoms. The van der Waals surface area contributed by atoms with Gasteiger partial charge in [-0.05, 0) is 24.3 Å². The van der Waals surface area contributed by atoms with Gasteiger partial charge in [0.25, 0.3) is 0 Å². The molecule has 0 heterocycles. The first-order valence-corrected chi connectivity index (χ1v) is 4.42. The van der Waals surface area contributed by atoms with Crippen molar-refractivity contribution in [2.75, 3.05) is 0 Å². The molecule has 64 valence electrons. The van der Waals surface area contributed by atoms with Crippen molar-refractivity contribution in [2.45, 2.75) is 0 Å². The quantitative estimate of drug-likeness (QED) is 0.534. The van der Waals surface area contributed by atoms with E-state index in [1.54, 1.807) is 24.3 Å². The van der Waals surface area contributed by atoms with Gasteiger partial charge in [-0.15, -0.1) is 0 Å². The Bertz CT molecular complexity index is 253. The second kappa shape index (κ2) is 7.43. The van der Waals surface area contributed by atoms with Gasteiger partial charge in [0.2, 0.25) is 0 Å². The summed E-state index contributed by atoms with van der Waals surface area (Å²) in [6.45, 7) is 0. The minimum atomic E-state index is -0.401. The fourth-order valence-electron chi connectivity index (χ4n) is 0.647. The molecule has 0 unspecified atom stereocenters. The maximum absolute atomic E-state index is 9.98. The Morgan fingerprint density at radius 1 is 0.923 bits per heavy atom. The van der Waals surface area contributed by atoms with E-state index in [2.05, 4.69) is 9.05 Å². The van der Waals surface area contributed by atoms with Gasteiger partial charge < -0.3 is 10.5 Å². The standard InChI is InChI=1S/C6H4O4P2.Na.H/c7-11-9-5-1-2-6(4-3-5)10-12-8;;/h1-4H;;/q;+1;-1. The van der Waals surface area contributed by atoms with Crippen LogP contribution in [0, 0.1) is 0 Å². The van der Waals surface area contributed by atoms with Crippen molar-refractivity contribution < 1.29 is 49.2 Å². The van der Waals surface area contributed by atoms with E-state index in [0.717, 1.165) is 0 Å². The summed E-state index contributed by atoms with van der Waals surface area (Å²) >= 11 is 0. The van der Waals surface area contributed by atoms with E-state index in [0.29, 0.717) is 11.5 Å². The monoisotopic (exact) mass is 226 g/mol. The van der Waals surface area contributed by atoms with Crippen molar-refractivity contribution in [3.05, 3.63) is 24.3 Å². The molecule has 7 heteroatoms. The number of hydrogen-bond donors (Lipinski definition) is 0. The molecule has 0 aromatic heterocycles. The molecule has 0 aliphatic carbocycles. The third-order valence-corrected chi connectivity index (χ3v) is 1.68. The van der Waals surface area contributed by atoms with Crippen LogP contribution >= 0.6 is 17.4 Å². The molecule has 0 spiro atoms. The molecular formula is C6H5NaO4P2. The molecule has 1 aromatic carbocycles. The van der Waals surface area contributed by atoms with Gasteiger partial charge in [-0.25, -0.2) is 9.13 Å². The summed E-state index contributed by atoms with van der Waals surface area (Å²) < 4.78 is 29.2. The number of rotatable bonds is 4. The van der Waals surface area contributed by atoms with E-state index in [9.17, 15) is 9.13 Å². The first kappa shape index (κ1) is 13.0. The molecule has 4 nitrogen and oxygen atoms in total. The second-order valence-corrected chi connectivity index (χ2v) is 2.47. The van der Waals surface area contributed by atoms with Crippen LogP contribution in [0.4, 0.5) is 0 Å². The van der Waals surface area contributed by atoms with Gasteiger partial charge in [0, 0.05) is 0 Å². The Morgan fingerprint density at radius 2 is 1.23 bits per heavy atom. The third-order valence-electron chi connectivity index (χ3n) is 1.11. The van der Waals surface area contributed by atoms with Crippen molar-refractivity contribution in [1.82, 2.24) is 0 Å². The van der Waals surface area contributed by atoms with E-state index in [1.807, 2.05) is 0 Å². The van der Waals surface area contributed by atoms with Crippen molar-refractivity contribution in [1.29, 1.82) is 0 Å². The van der Waals surface area contributed by atoms with Crippen molar-refractivity contribution in [3.63, 3.8) is 0 Å². The zero-order valence-electron chi connectivity index (χ0n) is 7.84. The maximum Gasteiger partial charge on any atom is 1.00 e. The SMILES string of the molecule is O=POc1ccc(OP=O)cc1.[H-].[Na+]. The average molecular weight is 226 g/mol. The zero-order valence-corrected chi connectivity index (χ0v) is 10.6. The van der Waals surface area contributed by atoms with Crippen LogP contribution in [0.15, 0.2) is 24.3 Å². The summed E-state index contributed by atoms with van der Waals surface area (Å²) in [5, 5.41) is 0. The van der Waals surface area contributed by atoms with E-state index in [4.69, 9.17) is 0 Å². The predicted molar refractivity (Wildman–Crippen MR) is 44.0 cm³/mol. The summed E-state index contributed by atoms with van der Waals surface area (Å²) in [5.74, 6) is 0.920. The predicted octanol–water partition coefficient (Wildman–Crippen LogP) is -0.0259. The van der Waals surface area contributed by atoms with Crippen molar-refractivity contribution in [3.8, 4) is 11.5 Å². The van der Waals surface area contributed by atoms with Crippen LogP contribution in [0.1, 0.15) is 1.43 Å². The Balaban J connectivity index is 0. The van der Waals surface area contributed by atoms with E-state index < -0.39 is 17.4 Å². The third kappa shape index (κ3) is 4.70. The van der Waals surface area contributed by atoms with Gasteiger partial charge in [0.05, 0.1) is 0 Å². The van der Waals surface area contributed by atoms with Crippen LogP contribution in [0.25, 0.3) is 0 Å². The largest absolute Gasteiger partial charge is 1.00 e. The van der Waals surface area contributed by atoms with Gasteiger partial charge in [-0.2, -0.15) is 0 Å². The number of hydrogen-bond acceptors (Lipinski definition) is 4. The topological polar surface area (TPSA) is 52.6 Å². The molecule has 0 radical (unpaired) electrons. The van der Waals surface area contributed by atoms with E-state index >= 15 is 0 Å². The maximum atomic E-state index is 9.98. The molecule has 0 aliphatic rings. The van der Waals surface area contributed by atoms with Crippen LogP contribution in [-0.4, -0.2) is 0 Å². The second-order valence-electron chi connectivity index (χ2n) is 1.80. The Kier molecular flexibility index (Phi) is 7.44. The van der Waals surface area contributed by atoms with Crippen molar-refractivity contribution >= 4 is 17.4 Å². The van der Waals surface area contributed by atoms with Gasteiger partial charge in [-0.1, -0.05) is 0 Å². The van der Waals surface area contributed by atoms with Gasteiger partial charge in [0.15, 0.2) is 0 Å². The smallest absolute Gasteiger partial charge is 1.00 e. The summed E-state index contributed by atoms with van der Waals surface area (Å²) in [6.07, 6.45) is 0. The summed E-state index contributed by atoms with van der Waals surface area (Å²) in [5.41, 5.74) is 0. The number of benzene rings is 1. The van der Waals surface area contributed by atoms with Gasteiger partial charge >= 0.3 is 46.9 Å². The van der Waals surface area contributed by atoms with E-state index in [-0.39, 0.29) is 31.0 Å². The average Bonchev–Trinajstić information content (AvgIpc) is 2.09. The molecule has 0 saturated heterocycles. The van der Waals surface area contributed by atoms with Crippen LogP contribution in [0.2, 0.25) is 0 Å². The van der Waals surface area contributed by atoms with Crippen LogP contribution < -0.4 is 38.6 Å². The molecule has 0 fully saturated rings. The Morgan fingerprint density at radius 3 is 1.46 bits per heavy atom. The van der Waals surface area contributed by atoms with Crippen LogP contribution in [0.5, 0.6) is 11.5 Å². The summed E-state index contributed by atoms with van der Waals surface area (Å²) in [4.78, 5) is 0. The van der Waals surface area contributed by atoms with Crippen molar-refractivity contribution in [2.24, 2.45) is 0 Å². The Hall–Kier alpha value is 0.0200. The first-order chi connectivity index (χ1) is 5.86. The fraction of sp³-hybridized carbons (Fsp3) is 0. The molecule has 0 amide bonds. The minimum absolute atomic E-state index is 0. The van der Waals surface area contributed by atoms with Gasteiger partial charge in [-0.3, -0.25) is 0 Å². The van der Waals surface area contributed by atoms with Crippen LogP contribution in [0.3, 0.4) is 0 Å². The zero-order chi connectivity index (χ0) is 8.81. The minimum Gasteiger partial charge on any atom is -1.00 e. The molecule has 0 bridgehead atoms. The molecule has 0 aliphatic heterocycles. The molecule has 1 aromatic rings. The fourth-order valence-corrected chi connectivity index (χ4v) is 1.06. The summed E-state index contributed by atoms with van der Waals surface area (Å²) in [6, 6.07) is 6.24. The van der Waals surface area contributed by atoms with Gasteiger partial charge in [0.1, 0.15) is 11.5 Å². The van der Waals surface area contributed by atoms with Crippen LogP contribution in [-0.2, 0) is 9.13 Å².